The van der Waals surface area contributed by atoms with Crippen molar-refractivity contribution >= 4 is 50.7 Å². The molecule has 5 aromatic heterocycles. The topological polar surface area (TPSA) is 86.4 Å². The van der Waals surface area contributed by atoms with Gasteiger partial charge in [0.1, 0.15) is 5.52 Å². The molecule has 1 aliphatic rings. The number of fused-ring (bicyclic) bond motifs is 2. The molecule has 7 nitrogen and oxygen atoms in total. The van der Waals surface area contributed by atoms with Crippen LogP contribution in [0.2, 0.25) is 4.34 Å². The van der Waals surface area contributed by atoms with Crippen molar-refractivity contribution in [2.75, 3.05) is 19.6 Å². The van der Waals surface area contributed by atoms with Gasteiger partial charge in [0.25, 0.3) is 0 Å². The third-order valence-electron chi connectivity index (χ3n) is 6.53. The molecule has 0 atom stereocenters. The van der Waals surface area contributed by atoms with Crippen molar-refractivity contribution in [1.29, 1.82) is 0 Å². The number of hydrogen-bond acceptors (Lipinski definition) is 6. The summed E-state index contributed by atoms with van der Waals surface area (Å²) in [5.74, 6) is 0.614. The number of pyridine rings is 2. The van der Waals surface area contributed by atoms with E-state index in [1.807, 2.05) is 36.4 Å². The van der Waals surface area contributed by atoms with Gasteiger partial charge in [0.05, 0.1) is 21.1 Å². The standard InChI is InChI=1S/C28H26ClN7S/c1-3-6-18(15-17(2)16-36-13-4-5-14-36)20-7-8-21-25(31-20)26(35-34-21)28-32-24-19(11-12-30-27(24)33-28)22-9-10-23(29)37-22/h3,6-12,15H,1,4-5,13-14,16H2,2H3,(H,34,35)(H,30,32,33)/b17-15+,18-6+. The predicted molar refractivity (Wildman–Crippen MR) is 153 cm³/mol. The van der Waals surface area contributed by atoms with Crippen LogP contribution in [0, 0.1) is 0 Å². The largest absolute Gasteiger partial charge is 0.335 e. The number of nitrogens with zero attached hydrogens (tertiary/aromatic N) is 5. The van der Waals surface area contributed by atoms with Gasteiger partial charge in [-0.05, 0) is 63.2 Å². The Balaban J connectivity index is 1.39. The molecule has 9 heteroatoms. The first-order valence-electron chi connectivity index (χ1n) is 12.3. The van der Waals surface area contributed by atoms with Crippen LogP contribution < -0.4 is 0 Å². The lowest BCUT2D eigenvalue weighted by atomic mass is 10.1. The normalized spacial score (nSPS) is 15.3. The second-order valence-electron chi connectivity index (χ2n) is 9.24. The summed E-state index contributed by atoms with van der Waals surface area (Å²) in [5, 5.41) is 7.65. The lowest BCUT2D eigenvalue weighted by Gasteiger charge is -2.15. The van der Waals surface area contributed by atoms with E-state index in [0.717, 1.165) is 49.1 Å². The molecule has 186 valence electrons. The minimum atomic E-state index is 0.614. The quantitative estimate of drug-likeness (QED) is 0.225. The fourth-order valence-electron chi connectivity index (χ4n) is 4.85. The maximum atomic E-state index is 6.19. The molecule has 0 aliphatic carbocycles. The number of aromatic amines is 2. The van der Waals surface area contributed by atoms with E-state index < -0.39 is 0 Å². The van der Waals surface area contributed by atoms with Gasteiger partial charge in [0.2, 0.25) is 0 Å². The Kier molecular flexibility index (Phi) is 6.46. The zero-order chi connectivity index (χ0) is 25.4. The average Bonchev–Trinajstić information content (AvgIpc) is 3.69. The van der Waals surface area contributed by atoms with Crippen molar-refractivity contribution in [2.45, 2.75) is 19.8 Å². The Bertz CT molecular complexity index is 1670. The van der Waals surface area contributed by atoms with Crippen molar-refractivity contribution in [3.8, 4) is 22.0 Å². The third-order valence-corrected chi connectivity index (χ3v) is 7.79. The summed E-state index contributed by atoms with van der Waals surface area (Å²) >= 11 is 7.71. The monoisotopic (exact) mass is 527 g/mol. The maximum Gasteiger partial charge on any atom is 0.178 e. The Hall–Kier alpha value is -3.59. The van der Waals surface area contributed by atoms with E-state index in [-0.39, 0.29) is 0 Å². The molecular weight excluding hydrogens is 502 g/mol. The highest BCUT2D eigenvalue weighted by atomic mass is 35.5. The van der Waals surface area contributed by atoms with E-state index in [2.05, 4.69) is 44.6 Å². The minimum Gasteiger partial charge on any atom is -0.335 e. The molecule has 0 saturated carbocycles. The van der Waals surface area contributed by atoms with Gasteiger partial charge >= 0.3 is 0 Å². The highest BCUT2D eigenvalue weighted by Gasteiger charge is 2.18. The van der Waals surface area contributed by atoms with E-state index in [4.69, 9.17) is 21.6 Å². The summed E-state index contributed by atoms with van der Waals surface area (Å²) in [7, 11) is 0. The maximum absolute atomic E-state index is 6.19. The second-order valence-corrected chi connectivity index (χ2v) is 11.0. The number of nitrogens with one attached hydrogen (secondary N) is 2. The Morgan fingerprint density at radius 3 is 2.81 bits per heavy atom. The van der Waals surface area contributed by atoms with Gasteiger partial charge in [-0.25, -0.2) is 15.0 Å². The molecule has 6 heterocycles. The minimum absolute atomic E-state index is 0.614. The highest BCUT2D eigenvalue weighted by molar-refractivity contribution is 7.19. The van der Waals surface area contributed by atoms with Crippen LogP contribution in [-0.2, 0) is 0 Å². The Morgan fingerprint density at radius 1 is 1.16 bits per heavy atom. The molecule has 37 heavy (non-hydrogen) atoms. The van der Waals surface area contributed by atoms with E-state index in [1.165, 1.54) is 42.8 Å². The predicted octanol–water partition coefficient (Wildman–Crippen LogP) is 6.89. The van der Waals surface area contributed by atoms with E-state index in [1.54, 1.807) is 12.3 Å². The van der Waals surface area contributed by atoms with E-state index in [9.17, 15) is 0 Å². The zero-order valence-electron chi connectivity index (χ0n) is 20.5. The van der Waals surface area contributed by atoms with Crippen LogP contribution >= 0.6 is 22.9 Å². The number of likely N-dealkylation sites (tertiary alicyclic amines) is 1. The third kappa shape index (κ3) is 4.75. The number of imidazole rings is 1. The summed E-state index contributed by atoms with van der Waals surface area (Å²) in [5.41, 5.74) is 7.89. The number of hydrogen-bond donors (Lipinski definition) is 2. The molecule has 1 fully saturated rings. The van der Waals surface area contributed by atoms with E-state index in [0.29, 0.717) is 17.2 Å². The molecule has 0 aromatic carbocycles. The van der Waals surface area contributed by atoms with Crippen molar-refractivity contribution in [2.24, 2.45) is 0 Å². The molecule has 0 radical (unpaired) electrons. The van der Waals surface area contributed by atoms with Crippen molar-refractivity contribution in [1.82, 2.24) is 35.0 Å². The van der Waals surface area contributed by atoms with Crippen molar-refractivity contribution in [3.05, 3.63) is 76.9 Å². The van der Waals surface area contributed by atoms with Crippen LogP contribution in [0.25, 0.3) is 49.7 Å². The van der Waals surface area contributed by atoms with E-state index >= 15 is 0 Å². The van der Waals surface area contributed by atoms with Gasteiger partial charge < -0.3 is 4.98 Å². The van der Waals surface area contributed by atoms with Gasteiger partial charge in [0.15, 0.2) is 17.2 Å². The summed E-state index contributed by atoms with van der Waals surface area (Å²) in [6.07, 6.45) is 10.3. The fourth-order valence-corrected chi connectivity index (χ4v) is 5.93. The number of rotatable bonds is 7. The number of allylic oxidation sites excluding steroid dienone is 4. The van der Waals surface area contributed by atoms with Gasteiger partial charge in [-0.2, -0.15) is 5.10 Å². The lowest BCUT2D eigenvalue weighted by molar-refractivity contribution is 0.368. The number of thiophene rings is 1. The van der Waals surface area contributed by atoms with Crippen molar-refractivity contribution in [3.63, 3.8) is 0 Å². The fraction of sp³-hybridized carbons (Fsp3) is 0.214. The van der Waals surface area contributed by atoms with Crippen LogP contribution in [0.1, 0.15) is 25.5 Å². The molecule has 1 saturated heterocycles. The number of halogens is 1. The summed E-state index contributed by atoms with van der Waals surface area (Å²) in [6, 6.07) is 9.89. The van der Waals surface area contributed by atoms with Gasteiger partial charge in [-0.1, -0.05) is 42.0 Å². The summed E-state index contributed by atoms with van der Waals surface area (Å²) < 4.78 is 0.739. The molecule has 0 unspecified atom stereocenters. The summed E-state index contributed by atoms with van der Waals surface area (Å²) in [4.78, 5) is 21.2. The average molecular weight is 528 g/mol. The first kappa shape index (κ1) is 23.8. The SMILES string of the molecule is C=C/C=C(\C=C(/C)CN1CCCC1)c1ccc2[nH]nc(-c3nc4nccc(-c5ccc(Cl)s5)c4[nH]3)c2n1. The zero-order valence-corrected chi connectivity index (χ0v) is 22.0. The van der Waals surface area contributed by atoms with Crippen LogP contribution in [0.15, 0.2) is 66.9 Å². The molecule has 1 aliphatic heterocycles. The van der Waals surface area contributed by atoms with Gasteiger partial charge in [-0.15, -0.1) is 11.3 Å². The summed E-state index contributed by atoms with van der Waals surface area (Å²) in [6.45, 7) is 9.41. The molecule has 0 amide bonds. The lowest BCUT2D eigenvalue weighted by Crippen LogP contribution is -2.21. The van der Waals surface area contributed by atoms with Crippen molar-refractivity contribution < 1.29 is 0 Å². The van der Waals surface area contributed by atoms with Gasteiger partial charge in [0, 0.05) is 28.8 Å². The Labute approximate surface area is 223 Å². The van der Waals surface area contributed by atoms with Crippen LogP contribution in [-0.4, -0.2) is 54.7 Å². The molecule has 5 aromatic rings. The van der Waals surface area contributed by atoms with Crippen LogP contribution in [0.5, 0.6) is 0 Å². The molecule has 0 bridgehead atoms. The smallest absolute Gasteiger partial charge is 0.178 e. The molecule has 2 N–H and O–H groups in total. The van der Waals surface area contributed by atoms with Gasteiger partial charge in [-0.3, -0.25) is 10.00 Å². The first-order chi connectivity index (χ1) is 18.1. The highest BCUT2D eigenvalue weighted by Crippen LogP contribution is 2.35. The van der Waals surface area contributed by atoms with Crippen LogP contribution in [0.3, 0.4) is 0 Å². The molecular formula is C28H26ClN7S. The number of H-pyrrole nitrogens is 2. The second kappa shape index (κ2) is 10.0. The number of aromatic nitrogens is 6. The Morgan fingerprint density at radius 2 is 2.03 bits per heavy atom. The first-order valence-corrected chi connectivity index (χ1v) is 13.5. The van der Waals surface area contributed by atoms with Crippen LogP contribution in [0.4, 0.5) is 0 Å². The molecule has 6 rings (SSSR count). The molecule has 0 spiro atoms.